The van der Waals surface area contributed by atoms with Crippen LogP contribution in [0.2, 0.25) is 0 Å². The van der Waals surface area contributed by atoms with E-state index in [2.05, 4.69) is 27.9 Å². The number of carbonyl (C=O) groups is 1. The Morgan fingerprint density at radius 2 is 1.93 bits per heavy atom. The molecule has 1 aromatic rings. The lowest BCUT2D eigenvalue weighted by Crippen LogP contribution is -2.11. The number of hydrogen-bond donors (Lipinski definition) is 2. The summed E-state index contributed by atoms with van der Waals surface area (Å²) in [6.45, 7) is 0.650. The molecule has 4 heteroatoms. The van der Waals surface area contributed by atoms with Crippen molar-refractivity contribution in [3.8, 4) is 0 Å². The van der Waals surface area contributed by atoms with E-state index < -0.39 is 0 Å². The van der Waals surface area contributed by atoms with Gasteiger partial charge in [0.05, 0.1) is 0 Å². The molecular weight excluding hydrogens is 303 g/mol. The minimum Gasteiger partial charge on any atom is -0.330 e. The number of carbonyl (C=O) groups excluding carboxylic acids is 1. The SMILES string of the molecule is NCCCCC(=O)Nc1ccc(I)cc1. The Bertz CT molecular complexity index is 311. The number of nitrogens with two attached hydrogens (primary N) is 1. The van der Waals surface area contributed by atoms with Crippen molar-refractivity contribution in [1.82, 2.24) is 0 Å². The van der Waals surface area contributed by atoms with E-state index in [0.717, 1.165) is 22.1 Å². The number of hydrogen-bond acceptors (Lipinski definition) is 2. The van der Waals surface area contributed by atoms with Crippen LogP contribution in [0.1, 0.15) is 19.3 Å². The summed E-state index contributed by atoms with van der Waals surface area (Å²) in [7, 11) is 0. The van der Waals surface area contributed by atoms with Gasteiger partial charge in [-0.25, -0.2) is 0 Å². The van der Waals surface area contributed by atoms with Crippen LogP contribution in [-0.4, -0.2) is 12.5 Å². The molecular formula is C11H15IN2O. The van der Waals surface area contributed by atoms with Gasteiger partial charge in [-0.05, 0) is 66.2 Å². The first-order valence-electron chi connectivity index (χ1n) is 4.98. The first-order chi connectivity index (χ1) is 7.22. The monoisotopic (exact) mass is 318 g/mol. The highest BCUT2D eigenvalue weighted by molar-refractivity contribution is 14.1. The Morgan fingerprint density at radius 3 is 2.53 bits per heavy atom. The lowest BCUT2D eigenvalue weighted by molar-refractivity contribution is -0.116. The average Bonchev–Trinajstić information content (AvgIpc) is 2.22. The molecule has 0 saturated heterocycles. The predicted octanol–water partition coefficient (Wildman–Crippen LogP) is 2.36. The number of amides is 1. The van der Waals surface area contributed by atoms with Crippen molar-refractivity contribution in [2.75, 3.05) is 11.9 Å². The smallest absolute Gasteiger partial charge is 0.224 e. The van der Waals surface area contributed by atoms with Gasteiger partial charge in [-0.15, -0.1) is 0 Å². The van der Waals surface area contributed by atoms with Crippen molar-refractivity contribution < 1.29 is 4.79 Å². The maximum absolute atomic E-state index is 11.4. The molecule has 0 aliphatic rings. The van der Waals surface area contributed by atoms with Crippen LogP contribution >= 0.6 is 22.6 Å². The first-order valence-corrected chi connectivity index (χ1v) is 6.06. The van der Waals surface area contributed by atoms with Crippen molar-refractivity contribution in [2.24, 2.45) is 5.73 Å². The second-order valence-electron chi connectivity index (χ2n) is 3.30. The molecule has 0 aromatic heterocycles. The molecule has 1 aromatic carbocycles. The van der Waals surface area contributed by atoms with Crippen LogP contribution in [0.15, 0.2) is 24.3 Å². The molecule has 0 fully saturated rings. The summed E-state index contributed by atoms with van der Waals surface area (Å²) < 4.78 is 1.16. The molecule has 0 bridgehead atoms. The zero-order chi connectivity index (χ0) is 11.1. The van der Waals surface area contributed by atoms with Crippen molar-refractivity contribution in [2.45, 2.75) is 19.3 Å². The zero-order valence-corrected chi connectivity index (χ0v) is 10.7. The molecule has 3 N–H and O–H groups in total. The number of anilines is 1. The Morgan fingerprint density at radius 1 is 1.27 bits per heavy atom. The summed E-state index contributed by atoms with van der Waals surface area (Å²) in [5.41, 5.74) is 6.21. The zero-order valence-electron chi connectivity index (χ0n) is 8.50. The quantitative estimate of drug-likeness (QED) is 0.647. The van der Waals surface area contributed by atoms with E-state index in [1.54, 1.807) is 0 Å². The number of rotatable bonds is 5. The van der Waals surface area contributed by atoms with Gasteiger partial charge in [-0.1, -0.05) is 0 Å². The summed E-state index contributed by atoms with van der Waals surface area (Å²) in [4.78, 5) is 11.4. The van der Waals surface area contributed by atoms with Gasteiger partial charge in [0.15, 0.2) is 0 Å². The van der Waals surface area contributed by atoms with E-state index in [-0.39, 0.29) is 5.91 Å². The topological polar surface area (TPSA) is 55.1 Å². The second-order valence-corrected chi connectivity index (χ2v) is 4.55. The van der Waals surface area contributed by atoms with Gasteiger partial charge in [0.2, 0.25) is 5.91 Å². The van der Waals surface area contributed by atoms with Gasteiger partial charge < -0.3 is 11.1 Å². The van der Waals surface area contributed by atoms with Gasteiger partial charge in [0.1, 0.15) is 0 Å². The molecule has 0 atom stereocenters. The minimum atomic E-state index is 0.0599. The fourth-order valence-electron chi connectivity index (χ4n) is 1.19. The van der Waals surface area contributed by atoms with Crippen molar-refractivity contribution in [3.63, 3.8) is 0 Å². The predicted molar refractivity (Wildman–Crippen MR) is 70.7 cm³/mol. The van der Waals surface area contributed by atoms with Crippen LogP contribution in [0.3, 0.4) is 0 Å². The fraction of sp³-hybridized carbons (Fsp3) is 0.364. The molecule has 0 aliphatic heterocycles. The molecule has 0 unspecified atom stereocenters. The highest BCUT2D eigenvalue weighted by atomic mass is 127. The third-order valence-corrected chi connectivity index (χ3v) is 2.71. The van der Waals surface area contributed by atoms with Crippen LogP contribution < -0.4 is 11.1 Å². The molecule has 1 amide bonds. The maximum Gasteiger partial charge on any atom is 0.224 e. The lowest BCUT2D eigenvalue weighted by Gasteiger charge is -2.04. The van der Waals surface area contributed by atoms with Gasteiger partial charge >= 0.3 is 0 Å². The van der Waals surface area contributed by atoms with E-state index >= 15 is 0 Å². The molecule has 1 rings (SSSR count). The Kier molecular flexibility index (Phi) is 5.63. The molecule has 0 saturated carbocycles. The van der Waals surface area contributed by atoms with Crippen molar-refractivity contribution in [3.05, 3.63) is 27.8 Å². The van der Waals surface area contributed by atoms with E-state index in [4.69, 9.17) is 5.73 Å². The maximum atomic E-state index is 11.4. The molecule has 3 nitrogen and oxygen atoms in total. The van der Waals surface area contributed by atoms with Crippen molar-refractivity contribution in [1.29, 1.82) is 0 Å². The third kappa shape index (κ3) is 5.13. The van der Waals surface area contributed by atoms with Gasteiger partial charge in [-0.2, -0.15) is 0 Å². The Hall–Kier alpha value is -0.620. The first kappa shape index (κ1) is 12.4. The standard InChI is InChI=1S/C11H15IN2O/c12-9-4-6-10(7-5-9)14-11(15)3-1-2-8-13/h4-7H,1-3,8,13H2,(H,14,15). The Balaban J connectivity index is 2.34. The summed E-state index contributed by atoms with van der Waals surface area (Å²) in [6.07, 6.45) is 2.30. The van der Waals surface area contributed by atoms with Gasteiger partial charge in [0, 0.05) is 15.7 Å². The van der Waals surface area contributed by atoms with Crippen molar-refractivity contribution >= 4 is 34.2 Å². The number of unbranched alkanes of at least 4 members (excludes halogenated alkanes) is 1. The van der Waals surface area contributed by atoms with Crippen LogP contribution in [-0.2, 0) is 4.79 Å². The number of nitrogens with one attached hydrogen (secondary N) is 1. The average molecular weight is 318 g/mol. The largest absolute Gasteiger partial charge is 0.330 e. The van der Waals surface area contributed by atoms with Crippen LogP contribution in [0.5, 0.6) is 0 Å². The molecule has 0 radical (unpaired) electrons. The molecule has 0 spiro atoms. The summed E-state index contributed by atoms with van der Waals surface area (Å²) in [5, 5.41) is 2.84. The van der Waals surface area contributed by atoms with Crippen LogP contribution in [0.25, 0.3) is 0 Å². The summed E-state index contributed by atoms with van der Waals surface area (Å²) in [5.74, 6) is 0.0599. The second kappa shape index (κ2) is 6.79. The highest BCUT2D eigenvalue weighted by Gasteiger charge is 2.01. The van der Waals surface area contributed by atoms with Crippen LogP contribution in [0.4, 0.5) is 5.69 Å². The van der Waals surface area contributed by atoms with Gasteiger partial charge in [-0.3, -0.25) is 4.79 Å². The lowest BCUT2D eigenvalue weighted by atomic mass is 10.2. The normalized spacial score (nSPS) is 10.0. The molecule has 15 heavy (non-hydrogen) atoms. The van der Waals surface area contributed by atoms with E-state index in [0.29, 0.717) is 13.0 Å². The third-order valence-electron chi connectivity index (χ3n) is 1.99. The minimum absolute atomic E-state index is 0.0599. The highest BCUT2D eigenvalue weighted by Crippen LogP contribution is 2.11. The summed E-state index contributed by atoms with van der Waals surface area (Å²) in [6, 6.07) is 7.75. The number of halogens is 1. The van der Waals surface area contributed by atoms with Gasteiger partial charge in [0.25, 0.3) is 0 Å². The van der Waals surface area contributed by atoms with E-state index in [1.807, 2.05) is 24.3 Å². The van der Waals surface area contributed by atoms with Crippen LogP contribution in [0, 0.1) is 3.57 Å². The molecule has 82 valence electrons. The van der Waals surface area contributed by atoms with E-state index in [1.165, 1.54) is 0 Å². The number of benzene rings is 1. The summed E-state index contributed by atoms with van der Waals surface area (Å²) >= 11 is 2.23. The molecule has 0 aliphatic carbocycles. The van der Waals surface area contributed by atoms with E-state index in [9.17, 15) is 4.79 Å². The Labute approximate surface area is 104 Å². The fourth-order valence-corrected chi connectivity index (χ4v) is 1.55. The molecule has 0 heterocycles.